The molecule has 0 spiro atoms. The van der Waals surface area contributed by atoms with Gasteiger partial charge in [-0.3, -0.25) is 0 Å². The van der Waals surface area contributed by atoms with Crippen LogP contribution < -0.4 is 19.5 Å². The summed E-state index contributed by atoms with van der Waals surface area (Å²) in [6.07, 6.45) is 5.21. The number of nitrogens with one attached hydrogen (secondary N) is 1. The summed E-state index contributed by atoms with van der Waals surface area (Å²) in [5, 5.41) is 10.8. The van der Waals surface area contributed by atoms with Crippen molar-refractivity contribution < 1.29 is 19.0 Å². The first kappa shape index (κ1) is 17.8. The normalized spacial score (nSPS) is 14.8. The second-order valence-corrected chi connectivity index (χ2v) is 5.95. The highest BCUT2D eigenvalue weighted by atomic mass is 16.5. The lowest BCUT2D eigenvalue weighted by molar-refractivity contribution is 0.179. The summed E-state index contributed by atoms with van der Waals surface area (Å²) in [4.78, 5) is 14.4. The van der Waals surface area contributed by atoms with Crippen LogP contribution in [0.2, 0.25) is 0 Å². The van der Waals surface area contributed by atoms with Gasteiger partial charge in [0.2, 0.25) is 5.75 Å². The van der Waals surface area contributed by atoms with Gasteiger partial charge in [0.05, 0.1) is 39.3 Å². The van der Waals surface area contributed by atoms with Crippen LogP contribution in [0.25, 0.3) is 0 Å². The van der Waals surface area contributed by atoms with E-state index in [2.05, 4.69) is 15.6 Å². The van der Waals surface area contributed by atoms with Crippen LogP contribution in [0.3, 0.4) is 0 Å². The topological polar surface area (TPSA) is 90.7 Å². The maximum absolute atomic E-state index is 12.6. The number of urea groups is 1. The quantitative estimate of drug-likeness (QED) is 0.878. The molecule has 0 saturated carbocycles. The van der Waals surface area contributed by atoms with Gasteiger partial charge in [-0.15, -0.1) is 5.10 Å². The number of carbonyl (C=O) groups excluding carboxylic acids is 1. The number of benzene rings is 1. The van der Waals surface area contributed by atoms with Crippen molar-refractivity contribution in [3.05, 3.63) is 24.5 Å². The van der Waals surface area contributed by atoms with Gasteiger partial charge in [0.1, 0.15) is 0 Å². The Kier molecular flexibility index (Phi) is 5.45. The number of hydrogen-bond acceptors (Lipinski definition) is 6. The Morgan fingerprint density at radius 1 is 1.12 bits per heavy atom. The van der Waals surface area contributed by atoms with Gasteiger partial charge in [0.15, 0.2) is 11.5 Å². The van der Waals surface area contributed by atoms with E-state index in [-0.39, 0.29) is 12.1 Å². The third-order valence-corrected chi connectivity index (χ3v) is 4.48. The first-order valence-corrected chi connectivity index (χ1v) is 8.38. The first-order chi connectivity index (χ1) is 12.7. The van der Waals surface area contributed by atoms with E-state index in [1.807, 2.05) is 10.9 Å². The molecule has 0 radical (unpaired) electrons. The molecule has 1 aromatic heterocycles. The third-order valence-electron chi connectivity index (χ3n) is 4.48. The molecule has 9 nitrogen and oxygen atoms in total. The number of hydrogen-bond donors (Lipinski definition) is 1. The minimum Gasteiger partial charge on any atom is -0.493 e. The Balaban J connectivity index is 1.65. The standard InChI is InChI=1S/C17H23N5O4/c1-24-14-10-12(11-15(25-2)16(14)26-3)19-17(23)21-7-4-13(5-8-21)22-9-6-18-20-22/h6,9-11,13H,4-5,7-8H2,1-3H3,(H,19,23). The number of likely N-dealkylation sites (tertiary alicyclic amines) is 1. The number of nitrogens with zero attached hydrogens (tertiary/aromatic N) is 4. The number of ether oxygens (including phenoxy) is 3. The number of aromatic nitrogens is 3. The summed E-state index contributed by atoms with van der Waals surface area (Å²) in [5.41, 5.74) is 0.586. The van der Waals surface area contributed by atoms with Gasteiger partial charge in [0, 0.05) is 31.4 Å². The molecule has 2 heterocycles. The zero-order valence-electron chi connectivity index (χ0n) is 15.1. The van der Waals surface area contributed by atoms with E-state index < -0.39 is 0 Å². The third kappa shape index (κ3) is 3.66. The summed E-state index contributed by atoms with van der Waals surface area (Å²) in [5.74, 6) is 1.47. The SMILES string of the molecule is COc1cc(NC(=O)N2CCC(n3ccnn3)CC2)cc(OC)c1OC. The molecule has 0 unspecified atom stereocenters. The molecule has 0 aliphatic carbocycles. The molecule has 1 aromatic carbocycles. The number of piperidine rings is 1. The molecule has 1 N–H and O–H groups in total. The lowest BCUT2D eigenvalue weighted by Crippen LogP contribution is -2.41. The average molecular weight is 361 g/mol. The highest BCUT2D eigenvalue weighted by Gasteiger charge is 2.25. The monoisotopic (exact) mass is 361 g/mol. The molecular weight excluding hydrogens is 338 g/mol. The van der Waals surface area contributed by atoms with Crippen molar-refractivity contribution in [3.63, 3.8) is 0 Å². The second kappa shape index (κ2) is 7.94. The molecule has 0 bridgehead atoms. The number of rotatable bonds is 5. The van der Waals surface area contributed by atoms with Crippen LogP contribution in [0.15, 0.2) is 24.5 Å². The first-order valence-electron chi connectivity index (χ1n) is 8.38. The summed E-state index contributed by atoms with van der Waals surface area (Å²) >= 11 is 0. The predicted octanol–water partition coefficient (Wildman–Crippen LogP) is 2.17. The largest absolute Gasteiger partial charge is 0.493 e. The van der Waals surface area contributed by atoms with Crippen LogP contribution in [0.5, 0.6) is 17.2 Å². The smallest absolute Gasteiger partial charge is 0.321 e. The summed E-state index contributed by atoms with van der Waals surface area (Å²) in [7, 11) is 4.62. The molecule has 26 heavy (non-hydrogen) atoms. The van der Waals surface area contributed by atoms with E-state index in [1.165, 1.54) is 21.3 Å². The molecule has 1 aliphatic rings. The van der Waals surface area contributed by atoms with E-state index in [4.69, 9.17) is 14.2 Å². The Morgan fingerprint density at radius 3 is 2.27 bits per heavy atom. The fourth-order valence-corrected chi connectivity index (χ4v) is 3.10. The van der Waals surface area contributed by atoms with Crippen LogP contribution >= 0.6 is 0 Å². The Morgan fingerprint density at radius 2 is 1.77 bits per heavy atom. The van der Waals surface area contributed by atoms with Crippen LogP contribution in [0.1, 0.15) is 18.9 Å². The fourth-order valence-electron chi connectivity index (χ4n) is 3.10. The lowest BCUT2D eigenvalue weighted by atomic mass is 10.1. The predicted molar refractivity (Wildman–Crippen MR) is 95.0 cm³/mol. The highest BCUT2D eigenvalue weighted by molar-refractivity contribution is 5.90. The van der Waals surface area contributed by atoms with Crippen LogP contribution in [-0.2, 0) is 0 Å². The molecular formula is C17H23N5O4. The van der Waals surface area contributed by atoms with Gasteiger partial charge in [-0.1, -0.05) is 5.21 Å². The number of carbonyl (C=O) groups is 1. The molecule has 3 rings (SSSR count). The van der Waals surface area contributed by atoms with Crippen molar-refractivity contribution >= 4 is 11.7 Å². The van der Waals surface area contributed by atoms with Gasteiger partial charge >= 0.3 is 6.03 Å². The zero-order valence-corrected chi connectivity index (χ0v) is 15.1. The Bertz CT molecular complexity index is 717. The average Bonchev–Trinajstić information content (AvgIpc) is 3.22. The van der Waals surface area contributed by atoms with Gasteiger partial charge in [0.25, 0.3) is 0 Å². The molecule has 0 atom stereocenters. The van der Waals surface area contributed by atoms with E-state index >= 15 is 0 Å². The Hall–Kier alpha value is -2.97. The Labute approximate surface area is 151 Å². The number of methoxy groups -OCH3 is 3. The number of amides is 2. The summed E-state index contributed by atoms with van der Waals surface area (Å²) in [6, 6.07) is 3.54. The van der Waals surface area contributed by atoms with Crippen molar-refractivity contribution in [1.82, 2.24) is 19.9 Å². The lowest BCUT2D eigenvalue weighted by Gasteiger charge is -2.31. The molecule has 1 fully saturated rings. The van der Waals surface area contributed by atoms with E-state index in [1.54, 1.807) is 23.2 Å². The molecule has 9 heteroatoms. The molecule has 1 aliphatic heterocycles. The molecule has 2 amide bonds. The van der Waals surface area contributed by atoms with Crippen LogP contribution in [-0.4, -0.2) is 60.3 Å². The molecule has 140 valence electrons. The van der Waals surface area contributed by atoms with Crippen LogP contribution in [0, 0.1) is 0 Å². The minimum absolute atomic E-state index is 0.156. The fraction of sp³-hybridized carbons (Fsp3) is 0.471. The summed E-state index contributed by atoms with van der Waals surface area (Å²) < 4.78 is 17.8. The van der Waals surface area contributed by atoms with Gasteiger partial charge in [-0.05, 0) is 12.8 Å². The van der Waals surface area contributed by atoms with Crippen molar-refractivity contribution in [2.24, 2.45) is 0 Å². The van der Waals surface area contributed by atoms with E-state index in [9.17, 15) is 4.79 Å². The van der Waals surface area contributed by atoms with E-state index in [0.717, 1.165) is 12.8 Å². The van der Waals surface area contributed by atoms with Gasteiger partial charge < -0.3 is 24.4 Å². The maximum atomic E-state index is 12.6. The highest BCUT2D eigenvalue weighted by Crippen LogP contribution is 2.40. The van der Waals surface area contributed by atoms with Gasteiger partial charge in [-0.2, -0.15) is 0 Å². The zero-order chi connectivity index (χ0) is 18.5. The van der Waals surface area contributed by atoms with Crippen molar-refractivity contribution in [2.75, 3.05) is 39.7 Å². The van der Waals surface area contributed by atoms with Crippen LogP contribution in [0.4, 0.5) is 10.5 Å². The molecule has 1 saturated heterocycles. The second-order valence-electron chi connectivity index (χ2n) is 5.95. The van der Waals surface area contributed by atoms with Gasteiger partial charge in [-0.25, -0.2) is 9.48 Å². The van der Waals surface area contributed by atoms with E-state index in [0.29, 0.717) is 36.0 Å². The van der Waals surface area contributed by atoms with Crippen molar-refractivity contribution in [3.8, 4) is 17.2 Å². The minimum atomic E-state index is -0.156. The maximum Gasteiger partial charge on any atom is 0.321 e. The molecule has 2 aromatic rings. The van der Waals surface area contributed by atoms with Crippen molar-refractivity contribution in [2.45, 2.75) is 18.9 Å². The number of anilines is 1. The summed E-state index contributed by atoms with van der Waals surface area (Å²) in [6.45, 7) is 1.31. The van der Waals surface area contributed by atoms with Crippen molar-refractivity contribution in [1.29, 1.82) is 0 Å².